The minimum atomic E-state index is -0.718. The van der Waals surface area contributed by atoms with Crippen molar-refractivity contribution >= 4 is 24.1 Å². The Morgan fingerprint density at radius 1 is 1.22 bits per heavy atom. The normalized spacial score (nSPS) is 28.4. The zero-order valence-corrected chi connectivity index (χ0v) is 21.5. The molecule has 4 aliphatic carbocycles. The molecule has 4 fully saturated rings. The van der Waals surface area contributed by atoms with Gasteiger partial charge in [-0.05, 0) is 75.8 Å². The smallest absolute Gasteiger partial charge is 0.405 e. The first-order valence-corrected chi connectivity index (χ1v) is 13.0. The van der Waals surface area contributed by atoms with Crippen LogP contribution in [0.3, 0.4) is 0 Å². The number of amides is 3. The van der Waals surface area contributed by atoms with E-state index in [1.165, 1.54) is 0 Å². The maximum atomic E-state index is 13.6. The van der Waals surface area contributed by atoms with Crippen LogP contribution in [0, 0.1) is 17.8 Å². The minimum Gasteiger partial charge on any atom is -0.443 e. The van der Waals surface area contributed by atoms with E-state index < -0.39 is 17.2 Å². The second-order valence-electron chi connectivity index (χ2n) is 11.3. The molecule has 37 heavy (non-hydrogen) atoms. The van der Waals surface area contributed by atoms with Gasteiger partial charge in [0.2, 0.25) is 5.91 Å². The SMILES string of the molecule is CCC(=O)NC(C)(C)C=Cn1ncc(C(=O)NC2C3CC4CC2CC(OC(N)=O)(C4)C3)c1-n1cccn1. The highest BCUT2D eigenvalue weighted by Crippen LogP contribution is 2.57. The average Bonchev–Trinajstić information content (AvgIpc) is 3.48. The predicted octanol–water partition coefficient (Wildman–Crippen LogP) is 2.62. The average molecular weight is 510 g/mol. The molecule has 11 nitrogen and oxygen atoms in total. The third kappa shape index (κ3) is 4.99. The number of ether oxygens (including phenoxy) is 1. The monoisotopic (exact) mass is 509 g/mol. The van der Waals surface area contributed by atoms with Crippen LogP contribution >= 0.6 is 0 Å². The summed E-state index contributed by atoms with van der Waals surface area (Å²) in [6.45, 7) is 5.59. The number of primary amides is 1. The van der Waals surface area contributed by atoms with E-state index in [-0.39, 0.29) is 29.7 Å². The van der Waals surface area contributed by atoms with Gasteiger partial charge in [0.05, 0.1) is 11.7 Å². The summed E-state index contributed by atoms with van der Waals surface area (Å²) in [5.74, 6) is 1.20. The zero-order valence-electron chi connectivity index (χ0n) is 21.5. The first-order valence-electron chi connectivity index (χ1n) is 13.0. The summed E-state index contributed by atoms with van der Waals surface area (Å²) in [5.41, 5.74) is 4.69. The molecule has 0 spiro atoms. The molecule has 3 amide bonds. The number of nitrogens with one attached hydrogen (secondary N) is 2. The molecule has 4 bridgehead atoms. The molecule has 2 unspecified atom stereocenters. The van der Waals surface area contributed by atoms with E-state index in [1.54, 1.807) is 47.1 Å². The molecule has 0 aromatic carbocycles. The lowest BCUT2D eigenvalue weighted by Crippen LogP contribution is -2.63. The second-order valence-corrected chi connectivity index (χ2v) is 11.3. The van der Waals surface area contributed by atoms with Crippen molar-refractivity contribution in [2.75, 3.05) is 0 Å². The highest BCUT2D eigenvalue weighted by molar-refractivity contribution is 5.97. The molecule has 0 radical (unpaired) electrons. The van der Waals surface area contributed by atoms with Gasteiger partial charge in [0, 0.05) is 31.1 Å². The molecule has 2 aromatic rings. The summed E-state index contributed by atoms with van der Waals surface area (Å²) in [6, 6.07) is 1.78. The summed E-state index contributed by atoms with van der Waals surface area (Å²) in [7, 11) is 0. The Bertz CT molecular complexity index is 1200. The van der Waals surface area contributed by atoms with Gasteiger partial charge in [-0.2, -0.15) is 10.2 Å². The van der Waals surface area contributed by atoms with Crippen LogP contribution in [0.4, 0.5) is 4.79 Å². The lowest BCUT2D eigenvalue weighted by Gasteiger charge is -2.58. The first-order chi connectivity index (χ1) is 17.6. The van der Waals surface area contributed by atoms with E-state index in [4.69, 9.17) is 10.5 Å². The number of carbonyl (C=O) groups excluding carboxylic acids is 3. The quantitative estimate of drug-likeness (QED) is 0.499. The highest BCUT2D eigenvalue weighted by Gasteiger charge is 2.57. The molecule has 4 aliphatic rings. The topological polar surface area (TPSA) is 146 Å². The van der Waals surface area contributed by atoms with E-state index in [0.29, 0.717) is 23.7 Å². The predicted molar refractivity (Wildman–Crippen MR) is 135 cm³/mol. The third-order valence-corrected chi connectivity index (χ3v) is 7.98. The maximum absolute atomic E-state index is 13.6. The number of carbonyl (C=O) groups is 3. The lowest BCUT2D eigenvalue weighted by molar-refractivity contribution is -0.137. The molecular formula is C26H35N7O4. The Morgan fingerprint density at radius 2 is 1.95 bits per heavy atom. The Morgan fingerprint density at radius 3 is 2.57 bits per heavy atom. The van der Waals surface area contributed by atoms with Gasteiger partial charge in [0.1, 0.15) is 11.2 Å². The number of hydrogen-bond acceptors (Lipinski definition) is 6. The van der Waals surface area contributed by atoms with Crippen LogP contribution in [-0.4, -0.2) is 54.7 Å². The maximum Gasteiger partial charge on any atom is 0.405 e. The standard InChI is InChI=1S/C26H35N7O4/c1-4-20(34)31-25(2,3)6-9-33-23(32-8-5-7-28-32)19(15-29-33)22(35)30-21-17-10-16-11-18(21)14-26(12-16,13-17)37-24(27)36/h5-9,15-18,21H,4,10-14H2,1-3H3,(H2,27,36)(H,30,35)(H,31,34). The number of nitrogens with zero attached hydrogens (tertiary/aromatic N) is 4. The van der Waals surface area contributed by atoms with Gasteiger partial charge < -0.3 is 21.1 Å². The van der Waals surface area contributed by atoms with Gasteiger partial charge >= 0.3 is 6.09 Å². The molecule has 2 heterocycles. The van der Waals surface area contributed by atoms with Crippen LogP contribution in [0.5, 0.6) is 0 Å². The molecule has 4 N–H and O–H groups in total. The molecule has 11 heteroatoms. The van der Waals surface area contributed by atoms with Crippen LogP contribution in [-0.2, 0) is 9.53 Å². The molecule has 198 valence electrons. The van der Waals surface area contributed by atoms with E-state index in [1.807, 2.05) is 19.9 Å². The number of aromatic nitrogens is 4. The van der Waals surface area contributed by atoms with Crippen LogP contribution in [0.25, 0.3) is 12.0 Å². The van der Waals surface area contributed by atoms with E-state index in [2.05, 4.69) is 20.8 Å². The van der Waals surface area contributed by atoms with Gasteiger partial charge in [-0.15, -0.1) is 0 Å². The summed E-state index contributed by atoms with van der Waals surface area (Å²) < 4.78 is 8.81. The second kappa shape index (κ2) is 9.35. The van der Waals surface area contributed by atoms with Crippen molar-refractivity contribution < 1.29 is 19.1 Å². The summed E-state index contributed by atoms with van der Waals surface area (Å²) in [5, 5.41) is 15.0. The Kier molecular flexibility index (Phi) is 6.33. The largest absolute Gasteiger partial charge is 0.443 e. The minimum absolute atomic E-state index is 0.00112. The first kappa shape index (κ1) is 25.0. The summed E-state index contributed by atoms with van der Waals surface area (Å²) in [4.78, 5) is 37.1. The number of hydrogen-bond donors (Lipinski definition) is 3. The van der Waals surface area contributed by atoms with Crippen molar-refractivity contribution in [2.45, 2.75) is 76.5 Å². The Labute approximate surface area is 215 Å². The highest BCUT2D eigenvalue weighted by atomic mass is 16.6. The zero-order chi connectivity index (χ0) is 26.4. The fraction of sp³-hybridized carbons (Fsp3) is 0.577. The molecule has 2 atom stereocenters. The van der Waals surface area contributed by atoms with E-state index in [9.17, 15) is 14.4 Å². The van der Waals surface area contributed by atoms with Crippen molar-refractivity contribution in [1.82, 2.24) is 30.2 Å². The van der Waals surface area contributed by atoms with Gasteiger partial charge in [-0.25, -0.2) is 14.2 Å². The van der Waals surface area contributed by atoms with E-state index >= 15 is 0 Å². The Hall–Kier alpha value is -3.63. The van der Waals surface area contributed by atoms with Crippen molar-refractivity contribution in [3.05, 3.63) is 36.3 Å². The van der Waals surface area contributed by atoms with Crippen molar-refractivity contribution in [1.29, 1.82) is 0 Å². The Balaban J connectivity index is 1.37. The molecule has 0 saturated heterocycles. The van der Waals surface area contributed by atoms with Crippen LogP contribution in [0.2, 0.25) is 0 Å². The van der Waals surface area contributed by atoms with Crippen molar-refractivity contribution in [2.24, 2.45) is 23.5 Å². The van der Waals surface area contributed by atoms with Crippen molar-refractivity contribution in [3.63, 3.8) is 0 Å². The molecular weight excluding hydrogens is 474 g/mol. The fourth-order valence-corrected chi connectivity index (χ4v) is 6.75. The molecule has 0 aliphatic heterocycles. The molecule has 2 aromatic heterocycles. The summed E-state index contributed by atoms with van der Waals surface area (Å²) >= 11 is 0. The van der Waals surface area contributed by atoms with Gasteiger partial charge in [0.15, 0.2) is 5.82 Å². The van der Waals surface area contributed by atoms with Crippen LogP contribution in [0.1, 0.15) is 69.7 Å². The van der Waals surface area contributed by atoms with Crippen molar-refractivity contribution in [3.8, 4) is 5.82 Å². The summed E-state index contributed by atoms with van der Waals surface area (Å²) in [6.07, 6.45) is 12.5. The molecule has 6 rings (SSSR count). The van der Waals surface area contributed by atoms with E-state index in [0.717, 1.165) is 32.1 Å². The number of nitrogens with two attached hydrogens (primary N) is 1. The lowest BCUT2D eigenvalue weighted by atomic mass is 9.52. The van der Waals surface area contributed by atoms with Gasteiger partial charge in [-0.1, -0.05) is 6.92 Å². The fourth-order valence-electron chi connectivity index (χ4n) is 6.75. The van der Waals surface area contributed by atoms with Crippen LogP contribution < -0.4 is 16.4 Å². The van der Waals surface area contributed by atoms with Crippen LogP contribution in [0.15, 0.2) is 30.7 Å². The van der Waals surface area contributed by atoms with Gasteiger partial charge in [0.25, 0.3) is 5.91 Å². The molecule has 4 saturated carbocycles. The number of rotatable bonds is 8. The van der Waals surface area contributed by atoms with Gasteiger partial charge in [-0.3, -0.25) is 9.59 Å². The third-order valence-electron chi connectivity index (χ3n) is 7.98.